The highest BCUT2D eigenvalue weighted by atomic mass is 32.2. The summed E-state index contributed by atoms with van der Waals surface area (Å²) in [6.07, 6.45) is -9.75. The fourth-order valence-corrected chi connectivity index (χ4v) is 1.88. The van der Waals surface area contributed by atoms with Crippen LogP contribution in [0.1, 0.15) is 0 Å². The van der Waals surface area contributed by atoms with E-state index in [1.807, 2.05) is 18.2 Å². The van der Waals surface area contributed by atoms with Gasteiger partial charge in [-0.25, -0.2) is 4.39 Å². The highest BCUT2D eigenvalue weighted by Gasteiger charge is 2.91. The average Bonchev–Trinajstić information content (AvgIpc) is 2.60. The lowest BCUT2D eigenvalue weighted by molar-refractivity contribution is -0.409. The minimum Gasteiger partial charge on any atom is -0.281 e. The number of rotatable bonds is 6. The quantitative estimate of drug-likeness (QED) is 0.432. The zero-order valence-corrected chi connectivity index (χ0v) is 14.7. The Hall–Kier alpha value is -1.92. The predicted octanol–water partition coefficient (Wildman–Crippen LogP) is 4.99. The maximum atomic E-state index is 12.9. The zero-order valence-electron chi connectivity index (χ0n) is 13.9. The molecule has 0 radical (unpaired) electrons. The molecule has 1 aromatic rings. The molecule has 0 saturated carbocycles. The van der Waals surface area contributed by atoms with Gasteiger partial charge in [-0.1, -0.05) is 6.07 Å². The second-order valence-electron chi connectivity index (χ2n) is 5.27. The molecule has 19 heteroatoms. The number of alkyl halides is 14. The predicted molar refractivity (Wildman–Crippen MR) is 71.5 cm³/mol. The molecule has 4 nitrogen and oxygen atoms in total. The van der Waals surface area contributed by atoms with Crippen molar-refractivity contribution in [3.63, 3.8) is 0 Å². The summed E-state index contributed by atoms with van der Waals surface area (Å²) in [4.78, 5) is 3.78. The molecule has 0 aliphatic rings. The normalized spacial score (nSPS) is 15.7. The van der Waals surface area contributed by atoms with Crippen LogP contribution in [0.2, 0.25) is 0 Å². The number of aromatic nitrogens is 1. The van der Waals surface area contributed by atoms with E-state index in [-0.39, 0.29) is 0 Å². The molecule has 0 aliphatic heterocycles. The van der Waals surface area contributed by atoms with Crippen molar-refractivity contribution in [3.05, 3.63) is 30.6 Å². The second kappa shape index (κ2) is 8.55. The van der Waals surface area contributed by atoms with Crippen molar-refractivity contribution in [1.29, 1.82) is 0 Å². The van der Waals surface area contributed by atoms with Gasteiger partial charge in [0.15, 0.2) is 0 Å². The van der Waals surface area contributed by atoms with Crippen LogP contribution in [-0.2, 0) is 10.1 Å². The first-order valence-electron chi connectivity index (χ1n) is 6.82. The lowest BCUT2D eigenvalue weighted by atomic mass is 9.95. The van der Waals surface area contributed by atoms with Gasteiger partial charge in [-0.15, -0.1) is 0 Å². The van der Waals surface area contributed by atoms with E-state index in [0.29, 0.717) is 0 Å². The fraction of sp³-hybridized carbons (Fsp3) is 0.583. The molecule has 1 heterocycles. The molecule has 0 fully saturated rings. The summed E-state index contributed by atoms with van der Waals surface area (Å²) in [6.45, 7) is 0. The van der Waals surface area contributed by atoms with Gasteiger partial charge in [0.05, 0.1) is 0 Å². The third-order valence-electron chi connectivity index (χ3n) is 3.07. The zero-order chi connectivity index (χ0) is 25.3. The summed E-state index contributed by atoms with van der Waals surface area (Å²) in [5, 5.41) is -7.56. The van der Waals surface area contributed by atoms with Gasteiger partial charge < -0.3 is 0 Å². The van der Waals surface area contributed by atoms with Gasteiger partial charge >= 0.3 is 45.2 Å². The van der Waals surface area contributed by atoms with Crippen LogP contribution in [0, 0.1) is 0 Å². The van der Waals surface area contributed by atoms with Crippen LogP contribution in [0.3, 0.4) is 0 Å². The Morgan fingerprint density at radius 2 is 1.06 bits per heavy atom. The summed E-state index contributed by atoms with van der Waals surface area (Å²) in [6, 6.07) is 5.72. The molecular formula is C12H7F14NO3S. The van der Waals surface area contributed by atoms with E-state index in [9.17, 15) is 69.9 Å². The molecule has 0 saturated heterocycles. The fourth-order valence-electron chi connectivity index (χ4n) is 1.43. The van der Waals surface area contributed by atoms with Gasteiger partial charge in [0, 0.05) is 12.4 Å². The highest BCUT2D eigenvalue weighted by molar-refractivity contribution is 7.87. The SMILES string of the molecule is O=S(=O)(O)C(F)(F)C(F)(F)C(F)(F)C(F)(F)C(F)(F)C(F)C(F)(F)F.c1ccncc1. The summed E-state index contributed by atoms with van der Waals surface area (Å²) in [5.41, 5.74) is 0. The molecule has 1 N–H and O–H groups in total. The summed E-state index contributed by atoms with van der Waals surface area (Å²) >= 11 is 0. The Bertz CT molecular complexity index is 798. The van der Waals surface area contributed by atoms with Crippen molar-refractivity contribution >= 4 is 10.1 Å². The molecule has 0 spiro atoms. The molecule has 1 rings (SSSR count). The van der Waals surface area contributed by atoms with Crippen molar-refractivity contribution in [2.24, 2.45) is 0 Å². The van der Waals surface area contributed by atoms with E-state index in [4.69, 9.17) is 4.55 Å². The summed E-state index contributed by atoms with van der Waals surface area (Å²) in [7, 11) is -7.66. The molecule has 1 aromatic heterocycles. The standard InChI is InChI=1S/C7H2F14O3S.C5H5N/c8-1(3(11,12)13)2(9,10)4(14,15)5(16,17)6(18,19)7(20,21)25(22,23)24;1-2-4-6-5-3-1/h1H,(H,22,23,24);1-5H. The van der Waals surface area contributed by atoms with Crippen LogP contribution in [0.15, 0.2) is 30.6 Å². The molecule has 1 unspecified atom stereocenters. The first-order valence-corrected chi connectivity index (χ1v) is 8.26. The average molecular weight is 511 g/mol. The number of halogens is 14. The minimum atomic E-state index is -8.28. The van der Waals surface area contributed by atoms with Crippen LogP contribution in [0.4, 0.5) is 61.5 Å². The summed E-state index contributed by atoms with van der Waals surface area (Å²) < 4.78 is 203. The third-order valence-corrected chi connectivity index (χ3v) is 3.97. The number of nitrogens with zero attached hydrogens (tertiary/aromatic N) is 1. The largest absolute Gasteiger partial charge is 0.438 e. The molecule has 1 atom stereocenters. The highest BCUT2D eigenvalue weighted by Crippen LogP contribution is 2.59. The molecule has 0 aliphatic carbocycles. The van der Waals surface area contributed by atoms with Crippen molar-refractivity contribution in [2.45, 2.75) is 41.3 Å². The maximum absolute atomic E-state index is 12.9. The first-order chi connectivity index (χ1) is 13.4. The molecule has 0 amide bonds. The molecule has 0 aromatic carbocycles. The number of hydrogen-bond acceptors (Lipinski definition) is 3. The van der Waals surface area contributed by atoms with Gasteiger partial charge in [-0.05, 0) is 12.1 Å². The topological polar surface area (TPSA) is 67.3 Å². The second-order valence-corrected chi connectivity index (χ2v) is 6.73. The van der Waals surface area contributed by atoms with Gasteiger partial charge in [-0.2, -0.15) is 65.5 Å². The maximum Gasteiger partial charge on any atom is 0.438 e. The van der Waals surface area contributed by atoms with Crippen molar-refractivity contribution in [1.82, 2.24) is 4.98 Å². The van der Waals surface area contributed by atoms with Crippen molar-refractivity contribution in [3.8, 4) is 0 Å². The van der Waals surface area contributed by atoms with Gasteiger partial charge in [0.2, 0.25) is 0 Å². The van der Waals surface area contributed by atoms with E-state index in [0.717, 1.165) is 0 Å². The van der Waals surface area contributed by atoms with Crippen LogP contribution >= 0.6 is 0 Å². The van der Waals surface area contributed by atoms with Crippen LogP contribution in [0.25, 0.3) is 0 Å². The van der Waals surface area contributed by atoms with E-state index in [1.165, 1.54) is 0 Å². The number of hydrogen-bond donors (Lipinski definition) is 1. The Balaban J connectivity index is 0.00000127. The monoisotopic (exact) mass is 511 g/mol. The van der Waals surface area contributed by atoms with Gasteiger partial charge in [-0.3, -0.25) is 9.54 Å². The van der Waals surface area contributed by atoms with Crippen molar-refractivity contribution in [2.75, 3.05) is 0 Å². The summed E-state index contributed by atoms with van der Waals surface area (Å²) in [5.74, 6) is -32.3. The Morgan fingerprint density at radius 1 is 0.677 bits per heavy atom. The Morgan fingerprint density at radius 3 is 1.29 bits per heavy atom. The molecule has 31 heavy (non-hydrogen) atoms. The van der Waals surface area contributed by atoms with E-state index in [2.05, 4.69) is 4.98 Å². The lowest BCUT2D eigenvalue weighted by Gasteiger charge is -2.39. The molecule has 0 bridgehead atoms. The first kappa shape index (κ1) is 29.1. The Labute approximate surface area is 162 Å². The van der Waals surface area contributed by atoms with Crippen LogP contribution < -0.4 is 0 Å². The molecule has 182 valence electrons. The number of pyridine rings is 1. The molecular weight excluding hydrogens is 504 g/mol. The van der Waals surface area contributed by atoms with E-state index >= 15 is 0 Å². The van der Waals surface area contributed by atoms with Gasteiger partial charge in [0.1, 0.15) is 0 Å². The lowest BCUT2D eigenvalue weighted by Crippen LogP contribution is -2.71. The Kier molecular flexibility index (Phi) is 8.02. The smallest absolute Gasteiger partial charge is 0.281 e. The van der Waals surface area contributed by atoms with E-state index < -0.39 is 51.4 Å². The minimum absolute atomic E-state index is 1.75. The third kappa shape index (κ3) is 5.12. The van der Waals surface area contributed by atoms with Crippen LogP contribution in [0.5, 0.6) is 0 Å². The van der Waals surface area contributed by atoms with E-state index in [1.54, 1.807) is 12.4 Å². The van der Waals surface area contributed by atoms with Crippen LogP contribution in [-0.4, -0.2) is 59.2 Å². The van der Waals surface area contributed by atoms with Gasteiger partial charge in [0.25, 0.3) is 6.17 Å². The van der Waals surface area contributed by atoms with Crippen molar-refractivity contribution < 1.29 is 74.4 Å².